The van der Waals surface area contributed by atoms with Gasteiger partial charge in [-0.25, -0.2) is 17.6 Å². The molecular formula is C36H41F7N4O2. The van der Waals surface area contributed by atoms with Crippen molar-refractivity contribution in [2.75, 3.05) is 30.4 Å². The van der Waals surface area contributed by atoms with E-state index in [1.807, 2.05) is 41.7 Å². The number of carbonyl (C=O) groups excluding carboxylic acids is 2. The highest BCUT2D eigenvalue weighted by Crippen LogP contribution is 2.39. The molecule has 2 amide bonds. The summed E-state index contributed by atoms with van der Waals surface area (Å²) < 4.78 is 102. The van der Waals surface area contributed by atoms with Crippen molar-refractivity contribution < 1.29 is 40.3 Å². The SMILES string of the molecule is CC1CN(c2cc(F)c(-c3cc(C(=O)NC(C)(C)CC(C)(C)C)c(F)cc3F)cc2NC(=O)c2ccc(F)cc2C(F)(F)F)CC(C)N1C. The van der Waals surface area contributed by atoms with Gasteiger partial charge in [-0.3, -0.25) is 14.5 Å². The number of nitrogens with zero attached hydrogens (tertiary/aromatic N) is 2. The lowest BCUT2D eigenvalue weighted by Gasteiger charge is -2.44. The van der Waals surface area contributed by atoms with E-state index in [4.69, 9.17) is 0 Å². The van der Waals surface area contributed by atoms with Crippen molar-refractivity contribution in [3.05, 3.63) is 82.4 Å². The molecule has 1 saturated heterocycles. The van der Waals surface area contributed by atoms with Gasteiger partial charge in [-0.05, 0) is 83.0 Å². The van der Waals surface area contributed by atoms with Crippen LogP contribution in [0.5, 0.6) is 0 Å². The number of likely N-dealkylation sites (N-methyl/N-ethyl adjacent to an activating group) is 1. The fourth-order valence-electron chi connectivity index (χ4n) is 6.54. The molecule has 0 saturated carbocycles. The molecule has 0 aliphatic carbocycles. The normalized spacial score (nSPS) is 17.7. The second-order valence-electron chi connectivity index (χ2n) is 14.6. The average Bonchev–Trinajstić information content (AvgIpc) is 2.94. The molecule has 13 heteroatoms. The van der Waals surface area contributed by atoms with Crippen LogP contribution in [0.25, 0.3) is 11.1 Å². The van der Waals surface area contributed by atoms with Gasteiger partial charge in [-0.15, -0.1) is 0 Å². The molecule has 2 unspecified atom stereocenters. The molecular weight excluding hydrogens is 653 g/mol. The molecule has 0 aromatic heterocycles. The van der Waals surface area contributed by atoms with Crippen molar-refractivity contribution in [2.24, 2.45) is 5.41 Å². The van der Waals surface area contributed by atoms with Gasteiger partial charge in [0.25, 0.3) is 11.8 Å². The smallest absolute Gasteiger partial charge is 0.367 e. The molecule has 266 valence electrons. The molecule has 3 aromatic rings. The maximum Gasteiger partial charge on any atom is 0.417 e. The summed E-state index contributed by atoms with van der Waals surface area (Å²) in [5.74, 6) is -6.74. The maximum atomic E-state index is 16.0. The molecule has 1 fully saturated rings. The molecule has 3 aromatic carbocycles. The molecule has 49 heavy (non-hydrogen) atoms. The number of hydrogen-bond acceptors (Lipinski definition) is 4. The van der Waals surface area contributed by atoms with Gasteiger partial charge in [0.1, 0.15) is 23.3 Å². The average molecular weight is 695 g/mol. The number of benzene rings is 3. The molecule has 2 N–H and O–H groups in total. The molecule has 4 rings (SSSR count). The number of anilines is 2. The second kappa shape index (κ2) is 13.6. The van der Waals surface area contributed by atoms with Gasteiger partial charge in [0.2, 0.25) is 0 Å². The highest BCUT2D eigenvalue weighted by Gasteiger charge is 2.37. The number of rotatable bonds is 7. The van der Waals surface area contributed by atoms with E-state index in [1.165, 1.54) is 0 Å². The lowest BCUT2D eigenvalue weighted by Crippen LogP contribution is -2.55. The van der Waals surface area contributed by atoms with Crippen LogP contribution in [0.3, 0.4) is 0 Å². The minimum atomic E-state index is -5.08. The summed E-state index contributed by atoms with van der Waals surface area (Å²) in [5.41, 5.74) is -5.06. The van der Waals surface area contributed by atoms with E-state index in [0.29, 0.717) is 37.7 Å². The van der Waals surface area contributed by atoms with Crippen LogP contribution in [0.1, 0.15) is 81.2 Å². The third-order valence-corrected chi connectivity index (χ3v) is 8.58. The molecule has 0 radical (unpaired) electrons. The Morgan fingerprint density at radius 3 is 1.92 bits per heavy atom. The van der Waals surface area contributed by atoms with Crippen molar-refractivity contribution >= 4 is 23.2 Å². The van der Waals surface area contributed by atoms with Gasteiger partial charge in [0.15, 0.2) is 0 Å². The van der Waals surface area contributed by atoms with Crippen molar-refractivity contribution in [2.45, 2.75) is 78.7 Å². The summed E-state index contributed by atoms with van der Waals surface area (Å²) in [5, 5.41) is 5.14. The van der Waals surface area contributed by atoms with Gasteiger partial charge >= 0.3 is 6.18 Å². The predicted octanol–water partition coefficient (Wildman–Crippen LogP) is 8.65. The third kappa shape index (κ3) is 8.73. The quantitative estimate of drug-likeness (QED) is 0.243. The van der Waals surface area contributed by atoms with Crippen molar-refractivity contribution in [3.8, 4) is 11.1 Å². The zero-order valence-corrected chi connectivity index (χ0v) is 28.7. The Bertz CT molecular complexity index is 1740. The lowest BCUT2D eigenvalue weighted by molar-refractivity contribution is -0.138. The molecule has 1 heterocycles. The Hall–Kier alpha value is -4.13. The Morgan fingerprint density at radius 1 is 0.776 bits per heavy atom. The van der Waals surface area contributed by atoms with Crippen LogP contribution < -0.4 is 15.5 Å². The number of alkyl halides is 3. The fraction of sp³-hybridized carbons (Fsp3) is 0.444. The molecule has 6 nitrogen and oxygen atoms in total. The van der Waals surface area contributed by atoms with Gasteiger partial charge in [0.05, 0.1) is 28.1 Å². The first-order valence-corrected chi connectivity index (χ1v) is 15.8. The molecule has 2 atom stereocenters. The number of nitrogens with one attached hydrogen (secondary N) is 2. The molecule has 1 aliphatic rings. The first-order valence-electron chi connectivity index (χ1n) is 15.8. The number of hydrogen-bond donors (Lipinski definition) is 2. The van der Waals surface area contributed by atoms with E-state index < -0.39 is 74.6 Å². The molecule has 1 aliphatic heterocycles. The van der Waals surface area contributed by atoms with Gasteiger partial charge in [-0.2, -0.15) is 13.2 Å². The second-order valence-corrected chi connectivity index (χ2v) is 14.6. The van der Waals surface area contributed by atoms with Crippen LogP contribution in [-0.2, 0) is 6.18 Å². The van der Waals surface area contributed by atoms with Crippen molar-refractivity contribution in [1.29, 1.82) is 0 Å². The third-order valence-electron chi connectivity index (χ3n) is 8.58. The van der Waals surface area contributed by atoms with E-state index in [-0.39, 0.29) is 34.9 Å². The Morgan fingerprint density at radius 2 is 1.35 bits per heavy atom. The monoisotopic (exact) mass is 694 g/mol. The molecule has 0 bridgehead atoms. The largest absolute Gasteiger partial charge is 0.417 e. The number of carbonyl (C=O) groups is 2. The Kier molecular flexibility index (Phi) is 10.5. The van der Waals surface area contributed by atoms with E-state index in [9.17, 15) is 27.2 Å². The standard InChI is InChI=1S/C36H41F7N4O2/c1-19-16-47(17-20(2)46(19)8)31-15-29(40)24(13-30(31)44-32(48)22-10-9-21(37)11-26(22)36(41,42)43)23-12-25(28(39)14-27(23)38)33(49)45-35(6,7)18-34(3,4)5/h9-15,19-20H,16-18H2,1-8H3,(H,44,48)(H,45,49). The van der Waals surface area contributed by atoms with Crippen LogP contribution in [0.4, 0.5) is 42.1 Å². The van der Waals surface area contributed by atoms with Crippen molar-refractivity contribution in [3.63, 3.8) is 0 Å². The van der Waals surface area contributed by atoms with Gasteiger partial charge in [-0.1, -0.05) is 20.8 Å². The molecule has 0 spiro atoms. The number of halogens is 7. The van der Waals surface area contributed by atoms with E-state index >= 15 is 13.2 Å². The first kappa shape index (κ1) is 37.7. The Labute approximate surface area is 281 Å². The zero-order chi connectivity index (χ0) is 36.8. The van der Waals surface area contributed by atoms with E-state index in [1.54, 1.807) is 18.7 Å². The van der Waals surface area contributed by atoms with Crippen molar-refractivity contribution in [1.82, 2.24) is 10.2 Å². The highest BCUT2D eigenvalue weighted by molar-refractivity contribution is 6.07. The Balaban J connectivity index is 1.84. The van der Waals surface area contributed by atoms with Crippen LogP contribution in [0, 0.1) is 28.7 Å². The summed E-state index contributed by atoms with van der Waals surface area (Å²) in [6.45, 7) is 13.9. The van der Waals surface area contributed by atoms with Gasteiger partial charge < -0.3 is 15.5 Å². The lowest BCUT2D eigenvalue weighted by atomic mass is 9.81. The van der Waals surface area contributed by atoms with Gasteiger partial charge in [0, 0.05) is 47.9 Å². The first-order chi connectivity index (χ1) is 22.5. The summed E-state index contributed by atoms with van der Waals surface area (Å²) in [7, 11) is 1.90. The summed E-state index contributed by atoms with van der Waals surface area (Å²) in [6.07, 6.45) is -4.57. The van der Waals surface area contributed by atoms with Crippen LogP contribution in [-0.4, -0.2) is 54.5 Å². The summed E-state index contributed by atoms with van der Waals surface area (Å²) >= 11 is 0. The summed E-state index contributed by atoms with van der Waals surface area (Å²) in [4.78, 5) is 30.5. The maximum absolute atomic E-state index is 16.0. The van der Waals surface area contributed by atoms with Crippen LogP contribution in [0.15, 0.2) is 42.5 Å². The summed E-state index contributed by atoms with van der Waals surface area (Å²) in [6, 6.07) is 4.83. The highest BCUT2D eigenvalue weighted by atomic mass is 19.4. The topological polar surface area (TPSA) is 64.7 Å². The number of piperazine rings is 1. The van der Waals surface area contributed by atoms with Crippen LogP contribution in [0.2, 0.25) is 0 Å². The predicted molar refractivity (Wildman–Crippen MR) is 176 cm³/mol. The zero-order valence-electron chi connectivity index (χ0n) is 28.7. The number of amides is 2. The van der Waals surface area contributed by atoms with Crippen LogP contribution >= 0.6 is 0 Å². The fourth-order valence-corrected chi connectivity index (χ4v) is 6.54. The van der Waals surface area contributed by atoms with E-state index in [2.05, 4.69) is 15.5 Å². The van der Waals surface area contributed by atoms with E-state index in [0.717, 1.165) is 18.2 Å². The minimum absolute atomic E-state index is 0.0536. The minimum Gasteiger partial charge on any atom is -0.367 e.